The monoisotopic (exact) mass is 204 g/mol. The van der Waals surface area contributed by atoms with Gasteiger partial charge in [-0.25, -0.2) is 0 Å². The number of carbonyl (C=O) groups is 1. The summed E-state index contributed by atoms with van der Waals surface area (Å²) in [6.07, 6.45) is 0.616. The average molecular weight is 204 g/mol. The van der Waals surface area contributed by atoms with Gasteiger partial charge >= 0.3 is 0 Å². The van der Waals surface area contributed by atoms with E-state index in [1.165, 1.54) is 0 Å². The van der Waals surface area contributed by atoms with E-state index in [0.29, 0.717) is 12.3 Å². The van der Waals surface area contributed by atoms with Crippen molar-refractivity contribution in [2.75, 3.05) is 0 Å². The molecular weight excluding hydrogens is 188 g/mol. The van der Waals surface area contributed by atoms with E-state index in [4.69, 9.17) is 0 Å². The van der Waals surface area contributed by atoms with Gasteiger partial charge in [0.25, 0.3) is 0 Å². The van der Waals surface area contributed by atoms with E-state index in [0.717, 1.165) is 12.0 Å². The fourth-order valence-corrected chi connectivity index (χ4v) is 2.35. The van der Waals surface area contributed by atoms with Crippen molar-refractivity contribution in [2.24, 2.45) is 5.92 Å². The maximum Gasteiger partial charge on any atom is 0.162 e. The zero-order valence-electron chi connectivity index (χ0n) is 8.89. The molecule has 0 bridgehead atoms. The maximum atomic E-state index is 11.5. The highest BCUT2D eigenvalue weighted by molar-refractivity contribution is 5.85. The summed E-state index contributed by atoms with van der Waals surface area (Å²) in [6, 6.07) is 9.82. The second-order valence-corrected chi connectivity index (χ2v) is 4.47. The van der Waals surface area contributed by atoms with Crippen molar-refractivity contribution in [2.45, 2.75) is 31.8 Å². The van der Waals surface area contributed by atoms with E-state index >= 15 is 0 Å². The van der Waals surface area contributed by atoms with Gasteiger partial charge < -0.3 is 5.11 Å². The summed E-state index contributed by atoms with van der Waals surface area (Å²) >= 11 is 0. The second kappa shape index (κ2) is 4.15. The van der Waals surface area contributed by atoms with Crippen molar-refractivity contribution in [3.63, 3.8) is 0 Å². The molecule has 0 spiro atoms. The Bertz CT molecular complexity index is 345. The van der Waals surface area contributed by atoms with Crippen molar-refractivity contribution >= 4 is 5.78 Å². The topological polar surface area (TPSA) is 37.3 Å². The van der Waals surface area contributed by atoms with Crippen molar-refractivity contribution < 1.29 is 9.90 Å². The lowest BCUT2D eigenvalue weighted by Crippen LogP contribution is -2.35. The molecule has 1 aromatic carbocycles. The van der Waals surface area contributed by atoms with Crippen LogP contribution in [0, 0.1) is 5.92 Å². The maximum absolute atomic E-state index is 11.5. The van der Waals surface area contributed by atoms with Gasteiger partial charge in [0, 0.05) is 12.3 Å². The minimum absolute atomic E-state index is 0.0115. The average Bonchev–Trinajstić information content (AvgIpc) is 2.24. The van der Waals surface area contributed by atoms with Crippen LogP contribution in [-0.4, -0.2) is 17.0 Å². The third kappa shape index (κ3) is 2.10. The molecule has 2 rings (SSSR count). The van der Waals surface area contributed by atoms with Crippen LogP contribution in [-0.2, 0) is 4.79 Å². The summed E-state index contributed by atoms with van der Waals surface area (Å²) in [4.78, 5) is 11.5. The lowest BCUT2D eigenvalue weighted by molar-refractivity contribution is -0.131. The van der Waals surface area contributed by atoms with Crippen LogP contribution in [0.3, 0.4) is 0 Å². The summed E-state index contributed by atoms with van der Waals surface area (Å²) in [5, 5.41) is 9.86. The summed E-state index contributed by atoms with van der Waals surface area (Å²) in [5.74, 6) is 0.358. The van der Waals surface area contributed by atoms with Crippen LogP contribution in [0.25, 0.3) is 0 Å². The molecule has 0 aromatic heterocycles. The Morgan fingerprint density at radius 1 is 1.27 bits per heavy atom. The number of Topliss-reactive ketones (excluding diaryl/α,β-unsaturated/α-hetero) is 1. The highest BCUT2D eigenvalue weighted by atomic mass is 16.3. The number of rotatable bonds is 1. The van der Waals surface area contributed by atoms with Crippen LogP contribution in [0.1, 0.15) is 31.2 Å². The normalized spacial score (nSPS) is 31.6. The minimum Gasteiger partial charge on any atom is -0.385 e. The van der Waals surface area contributed by atoms with Gasteiger partial charge in [0.15, 0.2) is 5.78 Å². The van der Waals surface area contributed by atoms with Crippen molar-refractivity contribution in [3.8, 4) is 0 Å². The Morgan fingerprint density at radius 3 is 2.60 bits per heavy atom. The predicted molar refractivity (Wildman–Crippen MR) is 58.6 cm³/mol. The van der Waals surface area contributed by atoms with Crippen molar-refractivity contribution in [1.82, 2.24) is 0 Å². The third-order valence-electron chi connectivity index (χ3n) is 3.14. The Balaban J connectivity index is 2.24. The van der Waals surface area contributed by atoms with Gasteiger partial charge in [-0.2, -0.15) is 0 Å². The van der Waals surface area contributed by atoms with Crippen LogP contribution in [0.15, 0.2) is 30.3 Å². The highest BCUT2D eigenvalue weighted by Gasteiger charge is 2.34. The number of aliphatic hydroxyl groups is 1. The number of hydrogen-bond acceptors (Lipinski definition) is 2. The lowest BCUT2D eigenvalue weighted by Gasteiger charge is -2.30. The smallest absolute Gasteiger partial charge is 0.162 e. The highest BCUT2D eigenvalue weighted by Crippen LogP contribution is 2.34. The van der Waals surface area contributed by atoms with Gasteiger partial charge in [0.1, 0.15) is 6.10 Å². The molecule has 1 N–H and O–H groups in total. The molecule has 3 unspecified atom stereocenters. The second-order valence-electron chi connectivity index (χ2n) is 4.47. The van der Waals surface area contributed by atoms with Crippen LogP contribution >= 0.6 is 0 Å². The number of aliphatic hydroxyl groups excluding tert-OH is 1. The van der Waals surface area contributed by atoms with E-state index < -0.39 is 6.10 Å². The molecule has 2 nitrogen and oxygen atoms in total. The molecule has 0 aliphatic heterocycles. The van der Waals surface area contributed by atoms with E-state index in [-0.39, 0.29) is 11.7 Å². The first-order valence-corrected chi connectivity index (χ1v) is 5.44. The summed E-state index contributed by atoms with van der Waals surface area (Å²) in [6.45, 7) is 2.07. The quantitative estimate of drug-likeness (QED) is 0.761. The zero-order chi connectivity index (χ0) is 10.8. The van der Waals surface area contributed by atoms with Gasteiger partial charge in [-0.15, -0.1) is 0 Å². The minimum atomic E-state index is -0.802. The molecule has 80 valence electrons. The largest absolute Gasteiger partial charge is 0.385 e. The van der Waals surface area contributed by atoms with Gasteiger partial charge in [-0.1, -0.05) is 37.3 Å². The molecule has 1 fully saturated rings. The number of benzene rings is 1. The molecule has 3 atom stereocenters. The molecule has 15 heavy (non-hydrogen) atoms. The Hall–Kier alpha value is -1.15. The molecule has 0 saturated heterocycles. The first kappa shape index (κ1) is 10.4. The van der Waals surface area contributed by atoms with E-state index in [1.807, 2.05) is 30.3 Å². The molecule has 1 aromatic rings. The third-order valence-corrected chi connectivity index (χ3v) is 3.14. The first-order valence-electron chi connectivity index (χ1n) is 5.44. The fraction of sp³-hybridized carbons (Fsp3) is 0.462. The zero-order valence-corrected chi connectivity index (χ0v) is 8.89. The first-order chi connectivity index (χ1) is 7.18. The SMILES string of the molecule is CC1CC(=O)C(O)C(c2ccccc2)C1. The molecule has 0 amide bonds. The number of hydrogen-bond donors (Lipinski definition) is 1. The molecule has 1 aliphatic carbocycles. The Labute approximate surface area is 89.9 Å². The Morgan fingerprint density at radius 2 is 1.93 bits per heavy atom. The number of carbonyl (C=O) groups excluding carboxylic acids is 1. The molecule has 0 heterocycles. The van der Waals surface area contributed by atoms with Crippen LogP contribution in [0.5, 0.6) is 0 Å². The molecule has 0 radical (unpaired) electrons. The number of ketones is 1. The predicted octanol–water partition coefficient (Wildman–Crippen LogP) is 2.13. The van der Waals surface area contributed by atoms with Crippen LogP contribution in [0.2, 0.25) is 0 Å². The van der Waals surface area contributed by atoms with Crippen LogP contribution in [0.4, 0.5) is 0 Å². The molecule has 1 saturated carbocycles. The fourth-order valence-electron chi connectivity index (χ4n) is 2.35. The summed E-state index contributed by atoms with van der Waals surface area (Å²) in [5.41, 5.74) is 1.07. The Kier molecular flexibility index (Phi) is 2.87. The standard InChI is InChI=1S/C13H16O2/c1-9-7-11(13(15)12(14)8-9)10-5-3-2-4-6-10/h2-6,9,11,13,15H,7-8H2,1H3. The van der Waals surface area contributed by atoms with Crippen molar-refractivity contribution in [1.29, 1.82) is 0 Å². The molecule has 2 heteroatoms. The van der Waals surface area contributed by atoms with Crippen LogP contribution < -0.4 is 0 Å². The lowest BCUT2D eigenvalue weighted by atomic mass is 9.76. The molecule has 1 aliphatic rings. The van der Waals surface area contributed by atoms with Gasteiger partial charge in [0.05, 0.1) is 0 Å². The van der Waals surface area contributed by atoms with Gasteiger partial charge in [-0.05, 0) is 17.9 Å². The van der Waals surface area contributed by atoms with Gasteiger partial charge in [0.2, 0.25) is 0 Å². The van der Waals surface area contributed by atoms with E-state index in [2.05, 4.69) is 6.92 Å². The summed E-state index contributed by atoms with van der Waals surface area (Å²) < 4.78 is 0. The summed E-state index contributed by atoms with van der Waals surface area (Å²) in [7, 11) is 0. The van der Waals surface area contributed by atoms with Gasteiger partial charge in [-0.3, -0.25) is 4.79 Å². The van der Waals surface area contributed by atoms with Crippen molar-refractivity contribution in [3.05, 3.63) is 35.9 Å². The van der Waals surface area contributed by atoms with E-state index in [1.54, 1.807) is 0 Å². The molecular formula is C13H16O2. The van der Waals surface area contributed by atoms with E-state index in [9.17, 15) is 9.90 Å².